The number of ether oxygens (including phenoxy) is 1. The summed E-state index contributed by atoms with van der Waals surface area (Å²) >= 11 is 0. The quantitative estimate of drug-likeness (QED) is 0.889. The van der Waals surface area contributed by atoms with E-state index in [0.29, 0.717) is 26.1 Å². The fraction of sp³-hybridized carbons (Fsp3) is 0.444. The fourth-order valence-electron chi connectivity index (χ4n) is 3.15. The lowest BCUT2D eigenvalue weighted by atomic mass is 9.92. The largest absolute Gasteiger partial charge is 0.393 e. The number of hydrogen-bond donors (Lipinski definition) is 1. The third-order valence-electron chi connectivity index (χ3n) is 4.38. The molecule has 1 aliphatic rings. The van der Waals surface area contributed by atoms with Crippen molar-refractivity contribution in [1.29, 1.82) is 0 Å². The molecule has 2 aromatic rings. The molecule has 0 unspecified atom stereocenters. The molecule has 1 aliphatic heterocycles. The molecule has 0 spiro atoms. The molecule has 0 aliphatic carbocycles. The number of aliphatic hydroxyl groups excluding tert-OH is 1. The lowest BCUT2D eigenvalue weighted by Crippen LogP contribution is -2.57. The van der Waals surface area contributed by atoms with Gasteiger partial charge in [0, 0.05) is 25.4 Å². The first kappa shape index (κ1) is 16.7. The molecule has 1 atom stereocenters. The summed E-state index contributed by atoms with van der Waals surface area (Å²) in [5.41, 5.74) is 1.54. The van der Waals surface area contributed by atoms with Crippen LogP contribution in [0.5, 0.6) is 0 Å². The predicted octanol–water partition coefficient (Wildman–Crippen LogP) is 1.02. The number of benzene rings is 1. The number of morpholine rings is 1. The van der Waals surface area contributed by atoms with Gasteiger partial charge in [0.1, 0.15) is 12.1 Å². The summed E-state index contributed by atoms with van der Waals surface area (Å²) in [5.74, 6) is 0.0124. The third-order valence-corrected chi connectivity index (χ3v) is 4.38. The number of carbonyl (C=O) groups is 1. The average molecular weight is 329 g/mol. The van der Waals surface area contributed by atoms with Crippen molar-refractivity contribution >= 4 is 5.91 Å². The molecule has 1 amide bonds. The lowest BCUT2D eigenvalue weighted by molar-refractivity contribution is -0.158. The summed E-state index contributed by atoms with van der Waals surface area (Å²) in [6.07, 6.45) is 5.64. The Morgan fingerprint density at radius 2 is 2.33 bits per heavy atom. The number of aliphatic hydroxyl groups is 1. The molecule has 1 fully saturated rings. The van der Waals surface area contributed by atoms with Crippen LogP contribution in [0.15, 0.2) is 43.0 Å². The van der Waals surface area contributed by atoms with Crippen LogP contribution in [0, 0.1) is 6.92 Å². The van der Waals surface area contributed by atoms with E-state index in [1.807, 2.05) is 25.1 Å². The van der Waals surface area contributed by atoms with E-state index < -0.39 is 5.60 Å². The molecule has 1 N–H and O–H groups in total. The molecule has 1 saturated heterocycles. The SMILES string of the molecule is Cc1cccc(C[C@@]2(CO)CN(C(=O)Cn3ccnc3)CCO2)c1. The second kappa shape index (κ2) is 7.15. The van der Waals surface area contributed by atoms with Gasteiger partial charge in [-0.05, 0) is 12.5 Å². The van der Waals surface area contributed by atoms with Crippen molar-refractivity contribution in [3.8, 4) is 0 Å². The molecule has 6 nitrogen and oxygen atoms in total. The van der Waals surface area contributed by atoms with Crippen LogP contribution in [0.4, 0.5) is 0 Å². The van der Waals surface area contributed by atoms with Crippen molar-refractivity contribution in [1.82, 2.24) is 14.5 Å². The molecule has 128 valence electrons. The molecule has 0 saturated carbocycles. The number of aromatic nitrogens is 2. The maximum atomic E-state index is 12.5. The number of amides is 1. The van der Waals surface area contributed by atoms with Crippen molar-refractivity contribution in [3.63, 3.8) is 0 Å². The normalized spacial score (nSPS) is 21.0. The smallest absolute Gasteiger partial charge is 0.242 e. The maximum absolute atomic E-state index is 12.5. The van der Waals surface area contributed by atoms with Gasteiger partial charge in [0.15, 0.2) is 0 Å². The Morgan fingerprint density at radius 3 is 3.04 bits per heavy atom. The zero-order chi connectivity index (χ0) is 17.0. The van der Waals surface area contributed by atoms with Gasteiger partial charge < -0.3 is 19.3 Å². The van der Waals surface area contributed by atoms with Crippen LogP contribution < -0.4 is 0 Å². The third kappa shape index (κ3) is 3.83. The first-order valence-electron chi connectivity index (χ1n) is 8.14. The molecule has 1 aromatic heterocycles. The highest BCUT2D eigenvalue weighted by atomic mass is 16.5. The molecule has 0 radical (unpaired) electrons. The van der Waals surface area contributed by atoms with E-state index in [-0.39, 0.29) is 19.1 Å². The number of hydrogen-bond acceptors (Lipinski definition) is 4. The van der Waals surface area contributed by atoms with Gasteiger partial charge in [-0.3, -0.25) is 4.79 Å². The lowest BCUT2D eigenvalue weighted by Gasteiger charge is -2.42. The zero-order valence-electron chi connectivity index (χ0n) is 13.9. The Kier molecular flexibility index (Phi) is 4.97. The van der Waals surface area contributed by atoms with Crippen molar-refractivity contribution < 1.29 is 14.6 Å². The summed E-state index contributed by atoms with van der Waals surface area (Å²) in [7, 11) is 0. The van der Waals surface area contributed by atoms with Gasteiger partial charge in [-0.15, -0.1) is 0 Å². The Hall–Kier alpha value is -2.18. The number of nitrogens with zero attached hydrogens (tertiary/aromatic N) is 3. The van der Waals surface area contributed by atoms with Crippen LogP contribution in [0.1, 0.15) is 11.1 Å². The van der Waals surface area contributed by atoms with Gasteiger partial charge in [0.2, 0.25) is 5.91 Å². The Labute approximate surface area is 141 Å². The second-order valence-corrected chi connectivity index (χ2v) is 6.41. The molecule has 0 bridgehead atoms. The zero-order valence-corrected chi connectivity index (χ0v) is 13.9. The molecule has 3 rings (SSSR count). The fourth-order valence-corrected chi connectivity index (χ4v) is 3.15. The van der Waals surface area contributed by atoms with Crippen LogP contribution >= 0.6 is 0 Å². The molecule has 2 heterocycles. The van der Waals surface area contributed by atoms with E-state index in [1.165, 1.54) is 5.56 Å². The van der Waals surface area contributed by atoms with Gasteiger partial charge in [-0.2, -0.15) is 0 Å². The first-order valence-corrected chi connectivity index (χ1v) is 8.14. The predicted molar refractivity (Wildman–Crippen MR) is 89.5 cm³/mol. The van der Waals surface area contributed by atoms with Crippen LogP contribution in [-0.2, 0) is 22.5 Å². The van der Waals surface area contributed by atoms with Crippen molar-refractivity contribution in [2.75, 3.05) is 26.3 Å². The van der Waals surface area contributed by atoms with E-state index in [9.17, 15) is 9.90 Å². The Bertz CT molecular complexity index is 687. The minimum absolute atomic E-state index is 0.0124. The van der Waals surface area contributed by atoms with E-state index in [0.717, 1.165) is 5.56 Å². The van der Waals surface area contributed by atoms with Crippen molar-refractivity contribution in [3.05, 3.63) is 54.1 Å². The van der Waals surface area contributed by atoms with E-state index in [2.05, 4.69) is 11.1 Å². The highest BCUT2D eigenvalue weighted by molar-refractivity contribution is 5.76. The van der Waals surface area contributed by atoms with E-state index in [1.54, 1.807) is 28.2 Å². The van der Waals surface area contributed by atoms with Crippen LogP contribution in [0.25, 0.3) is 0 Å². The molecular formula is C18H23N3O3. The first-order chi connectivity index (χ1) is 11.6. The highest BCUT2D eigenvalue weighted by Crippen LogP contribution is 2.24. The van der Waals surface area contributed by atoms with Gasteiger partial charge in [0.25, 0.3) is 0 Å². The number of carbonyl (C=O) groups excluding carboxylic acids is 1. The van der Waals surface area contributed by atoms with E-state index >= 15 is 0 Å². The summed E-state index contributed by atoms with van der Waals surface area (Å²) in [4.78, 5) is 18.2. The molecule has 1 aromatic carbocycles. The minimum Gasteiger partial charge on any atom is -0.393 e. The number of imidazole rings is 1. The average Bonchev–Trinajstić information content (AvgIpc) is 3.08. The summed E-state index contributed by atoms with van der Waals surface area (Å²) in [6, 6.07) is 8.16. The van der Waals surface area contributed by atoms with Crippen LogP contribution in [0.3, 0.4) is 0 Å². The standard InChI is InChI=1S/C18H23N3O3/c1-15-3-2-4-16(9-15)10-18(13-22)12-21(7-8-24-18)17(23)11-20-6-5-19-14-20/h2-6,9,14,22H,7-8,10-13H2,1H3/t18-/m0/s1. The highest BCUT2D eigenvalue weighted by Gasteiger charge is 2.38. The molecular weight excluding hydrogens is 306 g/mol. The van der Waals surface area contributed by atoms with Gasteiger partial charge >= 0.3 is 0 Å². The molecule has 6 heteroatoms. The van der Waals surface area contributed by atoms with Gasteiger partial charge in [-0.25, -0.2) is 4.98 Å². The summed E-state index contributed by atoms with van der Waals surface area (Å²) in [6.45, 7) is 3.55. The van der Waals surface area contributed by atoms with Crippen LogP contribution in [-0.4, -0.2) is 57.4 Å². The maximum Gasteiger partial charge on any atom is 0.242 e. The minimum atomic E-state index is -0.739. The monoisotopic (exact) mass is 329 g/mol. The Balaban J connectivity index is 1.70. The Morgan fingerprint density at radius 1 is 1.46 bits per heavy atom. The second-order valence-electron chi connectivity index (χ2n) is 6.41. The van der Waals surface area contributed by atoms with Crippen molar-refractivity contribution in [2.45, 2.75) is 25.5 Å². The summed E-state index contributed by atoms with van der Waals surface area (Å²) in [5, 5.41) is 9.95. The number of aryl methyl sites for hydroxylation is 1. The van der Waals surface area contributed by atoms with Crippen LogP contribution in [0.2, 0.25) is 0 Å². The van der Waals surface area contributed by atoms with E-state index in [4.69, 9.17) is 4.74 Å². The number of rotatable bonds is 5. The topological polar surface area (TPSA) is 67.6 Å². The molecule has 24 heavy (non-hydrogen) atoms. The van der Waals surface area contributed by atoms with Gasteiger partial charge in [-0.1, -0.05) is 29.8 Å². The van der Waals surface area contributed by atoms with Crippen molar-refractivity contribution in [2.24, 2.45) is 0 Å². The van der Waals surface area contributed by atoms with Gasteiger partial charge in [0.05, 0.1) is 26.1 Å². The summed E-state index contributed by atoms with van der Waals surface area (Å²) < 4.78 is 7.66.